The Kier molecular flexibility index (Phi) is 184. The molecule has 0 aliphatic carbocycles. The van der Waals surface area contributed by atoms with E-state index in [-0.39, 0.29) is 61.6 Å². The van der Waals surface area contributed by atoms with Crippen LogP contribution in [0.5, 0.6) is 0 Å². The van der Waals surface area contributed by atoms with Gasteiger partial charge in [-0.1, -0.05) is 0 Å². The molecule has 0 atom stereocenters. The standard InChI is InChI=1S/2H3N.Ni.2H2O4S.6H2O/c;;;2*1-5(2,3)4;;;;;;/h2*1H3;;2*(H2,1,2,3,4);6*1H2/q;;+2;;;;;;;;/p+4. The summed E-state index contributed by atoms with van der Waals surface area (Å²) in [6.07, 6.45) is 0. The van der Waals surface area contributed by atoms with E-state index in [0.29, 0.717) is 0 Å². The third-order valence-electron chi connectivity index (χ3n) is 0. The quantitative estimate of drug-likeness (QED) is 0.169. The average molecular weight is 401 g/mol. The van der Waals surface area contributed by atoms with Gasteiger partial charge < -0.3 is 63.4 Å². The van der Waals surface area contributed by atoms with Crippen molar-refractivity contribution < 1.29 is 84.4 Å². The molecule has 136 valence electrons. The fourth-order valence-electron chi connectivity index (χ4n) is 0. The Labute approximate surface area is 118 Å². The molecule has 19 heteroatoms. The minimum Gasteiger partial charge on any atom is -0.759 e. The molecule has 0 rings (SSSR count). The SMILES string of the molecule is O=S(=O)([O-])[O-].O=S(=O)([O-])[O-].[NH4+].[NH4+].[Ni+2].[OH3+].[OH3+].[OH3+].[OH3+].[OH3+].[OH3+]. The van der Waals surface area contributed by atoms with Crippen LogP contribution in [0.3, 0.4) is 0 Å². The van der Waals surface area contributed by atoms with Gasteiger partial charge in [-0.2, -0.15) is 0 Å². The first-order valence-electron chi connectivity index (χ1n) is 1.33. The van der Waals surface area contributed by atoms with E-state index >= 15 is 0 Å². The van der Waals surface area contributed by atoms with Crippen LogP contribution in [0.1, 0.15) is 0 Å². The molecule has 0 bridgehead atoms. The summed E-state index contributed by atoms with van der Waals surface area (Å²) >= 11 is 0. The van der Waals surface area contributed by atoms with Crippen LogP contribution < -0.4 is 12.3 Å². The molecule has 0 aromatic rings. The van der Waals surface area contributed by atoms with Crippen LogP contribution in [-0.2, 0) is 70.1 Å². The van der Waals surface area contributed by atoms with Crippen molar-refractivity contribution in [2.24, 2.45) is 0 Å². The van der Waals surface area contributed by atoms with Crippen molar-refractivity contribution in [2.75, 3.05) is 0 Å². The Morgan fingerprint density at radius 3 is 0.474 bits per heavy atom. The Morgan fingerprint density at radius 2 is 0.474 bits per heavy atom. The zero-order chi connectivity index (χ0) is 9.00. The number of rotatable bonds is 0. The van der Waals surface area contributed by atoms with Crippen LogP contribution in [0.2, 0.25) is 0 Å². The van der Waals surface area contributed by atoms with Crippen molar-refractivity contribution in [3.05, 3.63) is 0 Å². The predicted molar refractivity (Wildman–Crippen MR) is 62.1 cm³/mol. The van der Waals surface area contributed by atoms with E-state index in [1.165, 1.54) is 0 Å². The van der Waals surface area contributed by atoms with Crippen LogP contribution in [0.25, 0.3) is 0 Å². The molecule has 0 saturated heterocycles. The smallest absolute Gasteiger partial charge is 0.759 e. The molecule has 0 radical (unpaired) electrons. The van der Waals surface area contributed by atoms with Gasteiger partial charge in [0.15, 0.2) is 0 Å². The van der Waals surface area contributed by atoms with Crippen molar-refractivity contribution in [3.8, 4) is 0 Å². The molecule has 19 heavy (non-hydrogen) atoms. The summed E-state index contributed by atoms with van der Waals surface area (Å²) in [5.74, 6) is 0. The number of quaternary nitrogens is 2. The fourth-order valence-corrected chi connectivity index (χ4v) is 0. The van der Waals surface area contributed by atoms with Gasteiger partial charge in [0, 0.05) is 20.8 Å². The van der Waals surface area contributed by atoms with Crippen molar-refractivity contribution in [1.82, 2.24) is 12.3 Å². The van der Waals surface area contributed by atoms with Gasteiger partial charge in [0.1, 0.15) is 0 Å². The summed E-state index contributed by atoms with van der Waals surface area (Å²) in [5.41, 5.74) is 0. The van der Waals surface area contributed by atoms with Gasteiger partial charge in [0.05, 0.1) is 0 Å². The van der Waals surface area contributed by atoms with Gasteiger partial charge in [-0.3, -0.25) is 16.8 Å². The van der Waals surface area contributed by atoms with E-state index in [2.05, 4.69) is 0 Å². The molecule has 0 unspecified atom stereocenters. The third-order valence-corrected chi connectivity index (χ3v) is 0. The van der Waals surface area contributed by atoms with Crippen LogP contribution in [0.15, 0.2) is 0 Å². The first-order valence-corrected chi connectivity index (χ1v) is 4.00. The van der Waals surface area contributed by atoms with E-state index in [9.17, 15) is 0 Å². The van der Waals surface area contributed by atoms with Crippen molar-refractivity contribution in [3.63, 3.8) is 0 Å². The predicted octanol–water partition coefficient (Wildman–Crippen LogP) is -7.46. The van der Waals surface area contributed by atoms with Crippen LogP contribution >= 0.6 is 0 Å². The normalized spacial score (nSPS) is 6.11. The minimum absolute atomic E-state index is 0. The maximum absolute atomic E-state index is 8.52. The second-order valence-electron chi connectivity index (χ2n) is 0.816. The maximum atomic E-state index is 8.52. The zero-order valence-corrected chi connectivity index (χ0v) is 12.5. The molecule has 0 fully saturated rings. The van der Waals surface area contributed by atoms with Crippen molar-refractivity contribution in [1.29, 1.82) is 0 Å². The summed E-state index contributed by atoms with van der Waals surface area (Å²) < 4.78 is 68.2. The molecule has 0 aromatic heterocycles. The largest absolute Gasteiger partial charge is 2.00 e. The summed E-state index contributed by atoms with van der Waals surface area (Å²) in [6.45, 7) is 0. The monoisotopic (exact) mass is 400 g/mol. The molecule has 0 aliphatic heterocycles. The average Bonchev–Trinajstić information content (AvgIpc) is 1.12. The Bertz CT molecular complexity index is 220. The van der Waals surface area contributed by atoms with E-state index in [4.69, 9.17) is 35.0 Å². The maximum Gasteiger partial charge on any atom is 2.00 e. The van der Waals surface area contributed by atoms with Crippen LogP contribution in [0.4, 0.5) is 0 Å². The van der Waals surface area contributed by atoms with E-state index in [1.54, 1.807) is 0 Å². The molecule has 0 aromatic carbocycles. The summed E-state index contributed by atoms with van der Waals surface area (Å²) in [7, 11) is -10.3. The summed E-state index contributed by atoms with van der Waals surface area (Å²) in [6, 6.07) is 0. The zero-order valence-electron chi connectivity index (χ0n) is 9.86. The fraction of sp³-hybridized carbons (Fsp3) is 0. The van der Waals surface area contributed by atoms with Crippen molar-refractivity contribution >= 4 is 20.8 Å². The Morgan fingerprint density at radius 1 is 0.474 bits per heavy atom. The van der Waals surface area contributed by atoms with Gasteiger partial charge in [-0.15, -0.1) is 0 Å². The third kappa shape index (κ3) is 606000. The van der Waals surface area contributed by atoms with Gasteiger partial charge in [-0.25, -0.2) is 0 Å². The van der Waals surface area contributed by atoms with Gasteiger partial charge in [0.2, 0.25) is 0 Å². The first kappa shape index (κ1) is 96.9. The molecule has 0 saturated carbocycles. The second kappa shape index (κ2) is 36.1. The Hall–Kier alpha value is -0.0865. The van der Waals surface area contributed by atoms with E-state index in [0.717, 1.165) is 0 Å². The first-order chi connectivity index (χ1) is 4.00. The van der Waals surface area contributed by atoms with E-state index < -0.39 is 20.8 Å². The molecule has 0 aliphatic rings. The number of hydrogen-bond acceptors (Lipinski definition) is 8. The molecule has 26 N–H and O–H groups in total. The molecule has 0 spiro atoms. The molecule has 0 heterocycles. The number of hydrogen-bond donors (Lipinski definition) is 2. The van der Waals surface area contributed by atoms with Crippen LogP contribution in [-0.4, -0.2) is 35.0 Å². The Balaban J connectivity index is -0.00000000508. The second-order valence-corrected chi connectivity index (χ2v) is 2.45. The molecular weight excluding hydrogens is 375 g/mol. The van der Waals surface area contributed by atoms with Crippen LogP contribution in [0, 0.1) is 0 Å². The van der Waals surface area contributed by atoms with Gasteiger partial charge in [-0.05, 0) is 0 Å². The summed E-state index contributed by atoms with van der Waals surface area (Å²) in [4.78, 5) is 0. The minimum atomic E-state index is -5.17. The van der Waals surface area contributed by atoms with Gasteiger partial charge in [0.25, 0.3) is 0 Å². The molecule has 0 amide bonds. The van der Waals surface area contributed by atoms with Gasteiger partial charge >= 0.3 is 16.5 Å². The summed E-state index contributed by atoms with van der Waals surface area (Å²) in [5, 5.41) is 0. The molecule has 16 nitrogen and oxygen atoms in total. The molecular formula is H26N2NiO14S2+6. The van der Waals surface area contributed by atoms with E-state index in [1.807, 2.05) is 0 Å². The van der Waals surface area contributed by atoms with Crippen molar-refractivity contribution in [2.45, 2.75) is 0 Å². The topological polar surface area (TPSA) is 432 Å².